The molecule has 216 valence electrons. The van der Waals surface area contributed by atoms with Gasteiger partial charge in [0.1, 0.15) is 17.2 Å². The molecule has 2 aliphatic heterocycles. The Kier molecular flexibility index (Phi) is 7.39. The normalized spacial score (nSPS) is 12.9. The highest BCUT2D eigenvalue weighted by Crippen LogP contribution is 2.40. The molecule has 1 unspecified atom stereocenters. The van der Waals surface area contributed by atoms with E-state index in [4.69, 9.17) is 4.74 Å². The maximum absolute atomic E-state index is 14.3. The second kappa shape index (κ2) is 10.8. The van der Waals surface area contributed by atoms with E-state index < -0.39 is 46.9 Å². The van der Waals surface area contributed by atoms with Gasteiger partial charge in [-0.25, -0.2) is 19.2 Å². The van der Waals surface area contributed by atoms with E-state index >= 15 is 0 Å². The smallest absolute Gasteiger partial charge is 0.417 e. The van der Waals surface area contributed by atoms with Crippen LogP contribution in [0.5, 0.6) is 0 Å². The van der Waals surface area contributed by atoms with Crippen molar-refractivity contribution in [2.75, 3.05) is 6.61 Å². The van der Waals surface area contributed by atoms with Crippen LogP contribution in [0.4, 0.5) is 30.7 Å². The molecule has 7 nitrogen and oxygen atoms in total. The number of nitrogens with zero attached hydrogens (tertiary/aromatic N) is 5. The summed E-state index contributed by atoms with van der Waals surface area (Å²) in [6, 6.07) is 8.33. The van der Waals surface area contributed by atoms with Gasteiger partial charge in [0.25, 0.3) is 0 Å². The molecule has 2 aromatic carbocycles. The molecule has 0 spiro atoms. The number of esters is 1. The number of rotatable bonds is 6. The van der Waals surface area contributed by atoms with Crippen molar-refractivity contribution in [1.29, 1.82) is 0 Å². The highest BCUT2D eigenvalue weighted by molar-refractivity contribution is 5.78. The van der Waals surface area contributed by atoms with Gasteiger partial charge < -0.3 is 4.74 Å². The number of hydrogen-bond donors (Lipinski definition) is 0. The number of alkyl halides is 6. The Hall–Kier alpha value is -4.88. The molecule has 42 heavy (non-hydrogen) atoms. The monoisotopic (exact) mass is 589 g/mol. The summed E-state index contributed by atoms with van der Waals surface area (Å²) >= 11 is 0. The van der Waals surface area contributed by atoms with Gasteiger partial charge in [0.05, 0.1) is 41.4 Å². The van der Waals surface area contributed by atoms with E-state index in [0.29, 0.717) is 17.8 Å². The first-order valence-electron chi connectivity index (χ1n) is 12.2. The van der Waals surface area contributed by atoms with Crippen LogP contribution in [0, 0.1) is 5.82 Å². The summed E-state index contributed by atoms with van der Waals surface area (Å²) in [4.78, 5) is 25.6. The molecule has 0 saturated carbocycles. The molecule has 0 amide bonds. The third-order valence-corrected chi connectivity index (χ3v) is 6.20. The molecular formula is C28H18F7N5O2. The van der Waals surface area contributed by atoms with Crippen molar-refractivity contribution in [2.45, 2.75) is 25.3 Å². The third kappa shape index (κ3) is 5.64. The van der Waals surface area contributed by atoms with Crippen LogP contribution < -0.4 is 0 Å². The number of hydrogen-bond acceptors (Lipinski definition) is 6. The van der Waals surface area contributed by atoms with Crippen molar-refractivity contribution in [1.82, 2.24) is 24.7 Å². The van der Waals surface area contributed by atoms with Gasteiger partial charge in [0, 0.05) is 17.3 Å². The molecule has 0 saturated heterocycles. The lowest BCUT2D eigenvalue weighted by atomic mass is 9.99. The van der Waals surface area contributed by atoms with Crippen LogP contribution in [0.1, 0.15) is 29.7 Å². The first-order valence-corrected chi connectivity index (χ1v) is 12.2. The minimum Gasteiger partial charge on any atom is -0.464 e. The first kappa shape index (κ1) is 28.6. The minimum absolute atomic E-state index is 0.00222. The largest absolute Gasteiger partial charge is 0.464 e. The van der Waals surface area contributed by atoms with Crippen molar-refractivity contribution in [2.24, 2.45) is 0 Å². The van der Waals surface area contributed by atoms with Gasteiger partial charge in [-0.05, 0) is 37.3 Å². The molecule has 0 radical (unpaired) electrons. The lowest BCUT2D eigenvalue weighted by Crippen LogP contribution is -2.25. The van der Waals surface area contributed by atoms with Gasteiger partial charge >= 0.3 is 18.3 Å². The quantitative estimate of drug-likeness (QED) is 0.159. The summed E-state index contributed by atoms with van der Waals surface area (Å²) in [5.41, 5.74) is -2.93. The zero-order chi connectivity index (χ0) is 30.2. The van der Waals surface area contributed by atoms with E-state index in [1.165, 1.54) is 41.3 Å². The average Bonchev–Trinajstić information content (AvgIpc) is 3.36. The molecule has 1 atom stereocenters. The Bertz CT molecular complexity index is 1720. The number of carbonyl (C=O) groups excluding carboxylic acids is 1. The fourth-order valence-corrected chi connectivity index (χ4v) is 4.26. The molecule has 3 heterocycles. The van der Waals surface area contributed by atoms with E-state index in [9.17, 15) is 35.5 Å². The Balaban J connectivity index is 1.54. The van der Waals surface area contributed by atoms with Crippen LogP contribution in [0.25, 0.3) is 34.0 Å². The number of carbonyl (C=O) groups is 1. The highest BCUT2D eigenvalue weighted by Gasteiger charge is 2.38. The first-order chi connectivity index (χ1) is 19.9. The van der Waals surface area contributed by atoms with Gasteiger partial charge in [0.15, 0.2) is 11.9 Å². The number of pyridine rings is 1. The van der Waals surface area contributed by atoms with Crippen molar-refractivity contribution in [3.8, 4) is 34.0 Å². The third-order valence-electron chi connectivity index (χ3n) is 6.20. The molecule has 3 aromatic rings. The minimum atomic E-state index is -5.10. The molecule has 0 aliphatic carbocycles. The fraction of sp³-hybridized carbons (Fsp3) is 0.179. The fourth-order valence-electron chi connectivity index (χ4n) is 4.26. The van der Waals surface area contributed by atoms with Gasteiger partial charge in [0.2, 0.25) is 0 Å². The molecule has 0 fully saturated rings. The van der Waals surface area contributed by atoms with E-state index in [1.54, 1.807) is 13.0 Å². The molecule has 5 rings (SSSR count). The second-order valence-electron chi connectivity index (χ2n) is 8.94. The molecule has 14 heteroatoms. The van der Waals surface area contributed by atoms with E-state index in [1.807, 2.05) is 0 Å². The van der Waals surface area contributed by atoms with Gasteiger partial charge in [-0.2, -0.15) is 31.4 Å². The summed E-state index contributed by atoms with van der Waals surface area (Å²) in [6.07, 6.45) is -6.29. The van der Waals surface area contributed by atoms with Crippen LogP contribution in [-0.4, -0.2) is 37.3 Å². The molecular weight excluding hydrogens is 571 g/mol. The van der Waals surface area contributed by atoms with Gasteiger partial charge in [-0.1, -0.05) is 24.3 Å². The van der Waals surface area contributed by atoms with Gasteiger partial charge in [-0.3, -0.25) is 9.67 Å². The van der Waals surface area contributed by atoms with Crippen LogP contribution in [0.2, 0.25) is 0 Å². The zero-order valence-corrected chi connectivity index (χ0v) is 21.4. The SMILES string of the molecule is CCOC(=O)C(c1ccc(-c2ccc(C(F)(F)F)cc2C(F)(F)F)nc1)n1cc2nc(-c3ccccc3F)nc-2cn1. The predicted octanol–water partition coefficient (Wildman–Crippen LogP) is 6.84. The number of halogens is 7. The summed E-state index contributed by atoms with van der Waals surface area (Å²) in [5, 5.41) is 4.21. The van der Waals surface area contributed by atoms with Crippen LogP contribution in [0.3, 0.4) is 0 Å². The van der Waals surface area contributed by atoms with Crippen molar-refractivity contribution >= 4 is 5.97 Å². The van der Waals surface area contributed by atoms with Crippen molar-refractivity contribution in [3.05, 3.63) is 95.7 Å². The second-order valence-corrected chi connectivity index (χ2v) is 8.94. The van der Waals surface area contributed by atoms with Crippen LogP contribution in [0.15, 0.2) is 73.2 Å². The standard InChI is InChI=1S/C28H18F7N5O2/c1-2-42-26(41)24(40-14-23-22(13-37-40)38-25(39-23)18-5-3-4-6-20(18)29)15-7-10-21(36-12-15)17-9-8-16(27(30,31)32)11-19(17)28(33,34)35/h3-14,24H,2H2,1H3. The molecule has 0 bridgehead atoms. The van der Waals surface area contributed by atoms with E-state index in [2.05, 4.69) is 20.1 Å². The Morgan fingerprint density at radius 3 is 2.26 bits per heavy atom. The van der Waals surface area contributed by atoms with Crippen LogP contribution in [-0.2, 0) is 21.9 Å². The molecule has 0 N–H and O–H groups in total. The topological polar surface area (TPSA) is 82.8 Å². The van der Waals surface area contributed by atoms with Gasteiger partial charge in [-0.15, -0.1) is 0 Å². The molecule has 2 aliphatic rings. The average molecular weight is 589 g/mol. The van der Waals surface area contributed by atoms with Crippen molar-refractivity contribution < 1.29 is 40.3 Å². The summed E-state index contributed by atoms with van der Waals surface area (Å²) < 4.78 is 101. The Morgan fingerprint density at radius 1 is 0.881 bits per heavy atom. The van der Waals surface area contributed by atoms with E-state index in [-0.39, 0.29) is 41.0 Å². The van der Waals surface area contributed by atoms with Crippen molar-refractivity contribution in [3.63, 3.8) is 0 Å². The number of benzene rings is 2. The predicted molar refractivity (Wildman–Crippen MR) is 134 cm³/mol. The highest BCUT2D eigenvalue weighted by atomic mass is 19.4. The Labute approximate surface area is 233 Å². The maximum Gasteiger partial charge on any atom is 0.417 e. The van der Waals surface area contributed by atoms with E-state index in [0.717, 1.165) is 12.3 Å². The molecule has 1 aromatic heterocycles. The zero-order valence-electron chi connectivity index (χ0n) is 21.4. The number of imidazole rings is 1. The lowest BCUT2D eigenvalue weighted by molar-refractivity contribution is -0.146. The maximum atomic E-state index is 14.3. The summed E-state index contributed by atoms with van der Waals surface area (Å²) in [7, 11) is 0. The number of ether oxygens (including phenoxy) is 1. The Morgan fingerprint density at radius 2 is 1.62 bits per heavy atom. The number of fused-ring (bicyclic) bond motifs is 1. The summed E-state index contributed by atoms with van der Waals surface area (Å²) in [6.45, 7) is 1.57. The van der Waals surface area contributed by atoms with Crippen LogP contribution >= 0.6 is 0 Å². The lowest BCUT2D eigenvalue weighted by Gasteiger charge is -2.19. The summed E-state index contributed by atoms with van der Waals surface area (Å²) in [5.74, 6) is -1.22. The number of aromatic nitrogens is 5.